The van der Waals surface area contributed by atoms with E-state index in [0.29, 0.717) is 43.2 Å². The summed E-state index contributed by atoms with van der Waals surface area (Å²) in [5.41, 5.74) is 3.32. The van der Waals surface area contributed by atoms with Gasteiger partial charge in [-0.15, -0.1) is 5.10 Å². The number of aromatic nitrogens is 4. The minimum atomic E-state index is -3.85. The van der Waals surface area contributed by atoms with Gasteiger partial charge in [-0.2, -0.15) is 0 Å². The van der Waals surface area contributed by atoms with Gasteiger partial charge in [-0.1, -0.05) is 18.9 Å². The number of benzene rings is 2. The molecule has 0 saturated heterocycles. The molecule has 2 aromatic carbocycles. The van der Waals surface area contributed by atoms with E-state index in [9.17, 15) is 13.2 Å². The lowest BCUT2D eigenvalue weighted by Crippen LogP contribution is -2.47. The average molecular weight is 466 g/mol. The van der Waals surface area contributed by atoms with Gasteiger partial charge < -0.3 is 5.32 Å². The summed E-state index contributed by atoms with van der Waals surface area (Å²) in [6, 6.07) is 12.7. The van der Waals surface area contributed by atoms with Crippen molar-refractivity contribution in [3.8, 4) is 11.4 Å². The fourth-order valence-corrected chi connectivity index (χ4v) is 6.72. The van der Waals surface area contributed by atoms with Gasteiger partial charge in [0.05, 0.1) is 10.9 Å². The summed E-state index contributed by atoms with van der Waals surface area (Å²) < 4.78 is 27.7. The van der Waals surface area contributed by atoms with Crippen LogP contribution in [0.1, 0.15) is 55.7 Å². The smallest absolute Gasteiger partial charge is 0.246 e. The van der Waals surface area contributed by atoms with Crippen molar-refractivity contribution in [3.05, 3.63) is 53.6 Å². The number of nitrogens with one attached hydrogen (secondary N) is 1. The molecule has 1 N–H and O–H groups in total. The summed E-state index contributed by atoms with van der Waals surface area (Å²) in [7, 11) is -3.85. The first-order valence-corrected chi connectivity index (χ1v) is 12.8. The summed E-state index contributed by atoms with van der Waals surface area (Å²) in [5, 5.41) is 14.9. The third-order valence-electron chi connectivity index (χ3n) is 6.91. The molecule has 9 heteroatoms. The van der Waals surface area contributed by atoms with E-state index in [-0.39, 0.29) is 4.90 Å². The highest BCUT2D eigenvalue weighted by Gasteiger charge is 2.53. The topological polar surface area (TPSA) is 107 Å². The Morgan fingerprint density at radius 1 is 1.03 bits per heavy atom. The van der Waals surface area contributed by atoms with E-state index in [1.165, 1.54) is 0 Å². The molecule has 2 aliphatic carbocycles. The summed E-state index contributed by atoms with van der Waals surface area (Å²) in [6.07, 6.45) is 4.21. The second-order valence-corrected chi connectivity index (χ2v) is 11.4. The first-order valence-electron chi connectivity index (χ1n) is 11.3. The van der Waals surface area contributed by atoms with E-state index in [0.717, 1.165) is 29.5 Å². The van der Waals surface area contributed by atoms with Gasteiger partial charge in [0, 0.05) is 11.3 Å². The highest BCUT2D eigenvalue weighted by molar-refractivity contribution is 7.93. The summed E-state index contributed by atoms with van der Waals surface area (Å²) in [4.78, 5) is 13.7. The third kappa shape index (κ3) is 3.74. The van der Waals surface area contributed by atoms with Crippen LogP contribution in [-0.4, -0.2) is 39.3 Å². The number of carbonyl (C=O) groups is 1. The van der Waals surface area contributed by atoms with Crippen LogP contribution in [0, 0.1) is 13.8 Å². The predicted octanol–water partition coefficient (Wildman–Crippen LogP) is 4.02. The minimum Gasteiger partial charge on any atom is -0.325 e. The van der Waals surface area contributed by atoms with Crippen molar-refractivity contribution in [3.63, 3.8) is 0 Å². The molecule has 0 spiro atoms. The van der Waals surface area contributed by atoms with Gasteiger partial charge in [0.15, 0.2) is 20.4 Å². The van der Waals surface area contributed by atoms with Gasteiger partial charge in [-0.05, 0) is 97.5 Å². The van der Waals surface area contributed by atoms with Crippen molar-refractivity contribution in [2.75, 3.05) is 5.32 Å². The number of rotatable bonds is 6. The lowest BCUT2D eigenvalue weighted by atomic mass is 10.1. The fraction of sp³-hybridized carbons (Fsp3) is 0.417. The minimum absolute atomic E-state index is 0.213. The molecule has 0 unspecified atom stereocenters. The Hall–Kier alpha value is -3.07. The van der Waals surface area contributed by atoms with Crippen LogP contribution in [0.2, 0.25) is 0 Å². The van der Waals surface area contributed by atoms with E-state index in [2.05, 4.69) is 20.8 Å². The zero-order chi connectivity index (χ0) is 23.2. The van der Waals surface area contributed by atoms with E-state index >= 15 is 0 Å². The molecule has 2 saturated carbocycles. The van der Waals surface area contributed by atoms with E-state index in [1.54, 1.807) is 30.3 Å². The normalized spacial score (nSPS) is 17.8. The van der Waals surface area contributed by atoms with Gasteiger partial charge >= 0.3 is 0 Å². The molecule has 0 bridgehead atoms. The van der Waals surface area contributed by atoms with Crippen LogP contribution in [0.4, 0.5) is 5.69 Å². The molecule has 1 amide bonds. The largest absolute Gasteiger partial charge is 0.325 e. The monoisotopic (exact) mass is 465 g/mol. The summed E-state index contributed by atoms with van der Waals surface area (Å²) >= 11 is 0. The number of hydrogen-bond acceptors (Lipinski definition) is 6. The highest BCUT2D eigenvalue weighted by atomic mass is 32.2. The lowest BCUT2D eigenvalue weighted by Gasteiger charge is -2.28. The lowest BCUT2D eigenvalue weighted by molar-refractivity contribution is -0.118. The Labute approximate surface area is 193 Å². The molecule has 1 aromatic heterocycles. The molecule has 0 atom stereocenters. The van der Waals surface area contributed by atoms with Crippen molar-refractivity contribution in [2.24, 2.45) is 0 Å². The van der Waals surface area contributed by atoms with Crippen LogP contribution in [0.5, 0.6) is 0 Å². The van der Waals surface area contributed by atoms with E-state index in [4.69, 9.17) is 0 Å². The zero-order valence-electron chi connectivity index (χ0n) is 18.8. The Morgan fingerprint density at radius 3 is 2.36 bits per heavy atom. The molecule has 0 aliphatic heterocycles. The number of carbonyl (C=O) groups excluding carboxylic acids is 1. The Bertz CT molecular complexity index is 1300. The molecule has 2 fully saturated rings. The quantitative estimate of drug-likeness (QED) is 0.589. The summed E-state index contributed by atoms with van der Waals surface area (Å²) in [5.74, 6) is 0.230. The molecule has 3 aromatic rings. The van der Waals surface area contributed by atoms with Gasteiger partial charge in [-0.25, -0.2) is 13.1 Å². The maximum Gasteiger partial charge on any atom is 0.246 e. The second-order valence-electron chi connectivity index (χ2n) is 9.16. The van der Waals surface area contributed by atoms with Crippen LogP contribution in [-0.2, 0) is 14.6 Å². The van der Waals surface area contributed by atoms with Gasteiger partial charge in [0.25, 0.3) is 0 Å². The Morgan fingerprint density at radius 2 is 1.73 bits per heavy atom. The molecule has 8 nitrogen and oxygen atoms in total. The molecule has 2 aliphatic rings. The van der Waals surface area contributed by atoms with Crippen LogP contribution >= 0.6 is 0 Å². The standard InChI is InChI=1S/C24H27N5O3S/c1-16-5-12-21(15-17(16)2)33(31,32)24(13-3-4-14-24)23(30)25-19-8-6-18(7-9-19)22-26-27-28-29(22)20-10-11-20/h5-9,12,15,20H,3-4,10-11,13-14H2,1-2H3,(H,25,30). The van der Waals surface area contributed by atoms with E-state index in [1.807, 2.05) is 30.7 Å². The number of tetrazole rings is 1. The fourth-order valence-electron chi connectivity index (χ4n) is 4.57. The van der Waals surface area contributed by atoms with Crippen molar-refractivity contribution >= 4 is 21.4 Å². The molecule has 5 rings (SSSR count). The van der Waals surface area contributed by atoms with Crippen molar-refractivity contribution in [2.45, 2.75) is 68.1 Å². The maximum atomic E-state index is 13.7. The van der Waals surface area contributed by atoms with Gasteiger partial charge in [-0.3, -0.25) is 4.79 Å². The Kier molecular flexibility index (Phi) is 5.31. The molecular weight excluding hydrogens is 438 g/mol. The maximum absolute atomic E-state index is 13.7. The highest BCUT2D eigenvalue weighted by Crippen LogP contribution is 2.42. The number of amides is 1. The second kappa shape index (κ2) is 8.06. The van der Waals surface area contributed by atoms with Crippen LogP contribution < -0.4 is 5.32 Å². The third-order valence-corrected chi connectivity index (χ3v) is 9.41. The molecule has 33 heavy (non-hydrogen) atoms. The van der Waals surface area contributed by atoms with Crippen molar-refractivity contribution in [1.29, 1.82) is 0 Å². The van der Waals surface area contributed by atoms with Crippen LogP contribution in [0.25, 0.3) is 11.4 Å². The number of nitrogens with zero attached hydrogens (tertiary/aromatic N) is 4. The van der Waals surface area contributed by atoms with Crippen LogP contribution in [0.15, 0.2) is 47.4 Å². The van der Waals surface area contributed by atoms with Crippen molar-refractivity contribution < 1.29 is 13.2 Å². The van der Waals surface area contributed by atoms with Gasteiger partial charge in [0.1, 0.15) is 0 Å². The van der Waals surface area contributed by atoms with Gasteiger partial charge in [0.2, 0.25) is 5.91 Å². The number of aryl methyl sites for hydroxylation is 2. The van der Waals surface area contributed by atoms with E-state index < -0.39 is 20.5 Å². The number of anilines is 1. The predicted molar refractivity (Wildman–Crippen MR) is 124 cm³/mol. The first-order chi connectivity index (χ1) is 15.8. The zero-order valence-corrected chi connectivity index (χ0v) is 19.6. The molecular formula is C24H27N5O3S. The number of hydrogen-bond donors (Lipinski definition) is 1. The molecule has 172 valence electrons. The SMILES string of the molecule is Cc1ccc(S(=O)(=O)C2(C(=O)Nc3ccc(-c4nnnn4C4CC4)cc3)CCCC2)cc1C. The summed E-state index contributed by atoms with van der Waals surface area (Å²) in [6.45, 7) is 3.83. The van der Waals surface area contributed by atoms with Crippen molar-refractivity contribution in [1.82, 2.24) is 20.2 Å². The molecule has 0 radical (unpaired) electrons. The molecule has 1 heterocycles. The average Bonchev–Trinajstić information content (AvgIpc) is 3.31. The Balaban J connectivity index is 1.41. The number of sulfone groups is 1. The van der Waals surface area contributed by atoms with Crippen LogP contribution in [0.3, 0.4) is 0 Å². The first kappa shape index (κ1) is 21.8.